The van der Waals surface area contributed by atoms with Gasteiger partial charge in [0.25, 0.3) is 11.8 Å². The van der Waals surface area contributed by atoms with E-state index >= 15 is 0 Å². The van der Waals surface area contributed by atoms with Gasteiger partial charge in [-0.25, -0.2) is 0 Å². The molecule has 3 amide bonds. The molecule has 2 aromatic rings. The average molecular weight is 430 g/mol. The molecular formula is C22H27N3O4S. The molecule has 0 spiro atoms. The van der Waals surface area contributed by atoms with Crippen LogP contribution < -0.4 is 15.8 Å². The number of aryl methyl sites for hydroxylation is 1. The number of nitrogens with two attached hydrogens (primary N) is 1. The van der Waals surface area contributed by atoms with E-state index in [-0.39, 0.29) is 24.4 Å². The molecule has 1 aliphatic carbocycles. The van der Waals surface area contributed by atoms with Crippen LogP contribution in [0.2, 0.25) is 0 Å². The first-order chi connectivity index (χ1) is 14.3. The highest BCUT2D eigenvalue weighted by Crippen LogP contribution is 2.32. The van der Waals surface area contributed by atoms with Crippen LogP contribution in [0.4, 0.5) is 5.00 Å². The third-order valence-electron chi connectivity index (χ3n) is 5.54. The molecule has 7 nitrogen and oxygen atoms in total. The first-order valence-corrected chi connectivity index (χ1v) is 10.8. The lowest BCUT2D eigenvalue weighted by Gasteiger charge is -2.28. The smallest absolute Gasteiger partial charge is 0.254 e. The summed E-state index contributed by atoms with van der Waals surface area (Å²) in [7, 11) is 1.55. The first-order valence-electron chi connectivity index (χ1n) is 9.96. The number of thiophene rings is 1. The summed E-state index contributed by atoms with van der Waals surface area (Å²) in [6.07, 6.45) is 3.80. The van der Waals surface area contributed by atoms with E-state index in [4.69, 9.17) is 10.5 Å². The molecule has 160 valence electrons. The summed E-state index contributed by atoms with van der Waals surface area (Å²) < 4.78 is 5.23. The molecule has 3 rings (SSSR count). The Labute approximate surface area is 180 Å². The van der Waals surface area contributed by atoms with Crippen molar-refractivity contribution in [3.63, 3.8) is 0 Å². The van der Waals surface area contributed by atoms with Gasteiger partial charge in [0.1, 0.15) is 17.3 Å². The van der Waals surface area contributed by atoms with Crippen molar-refractivity contribution in [2.24, 2.45) is 5.73 Å². The van der Waals surface area contributed by atoms with Gasteiger partial charge in [-0.2, -0.15) is 0 Å². The van der Waals surface area contributed by atoms with Crippen molar-refractivity contribution >= 4 is 34.1 Å². The Hall–Kier alpha value is -2.87. The third kappa shape index (κ3) is 4.64. The van der Waals surface area contributed by atoms with Gasteiger partial charge in [0, 0.05) is 16.5 Å². The number of nitrogens with zero attached hydrogens (tertiary/aromatic N) is 1. The Bertz CT molecular complexity index is 963. The lowest BCUT2D eigenvalue weighted by atomic mass is 10.1. The van der Waals surface area contributed by atoms with Gasteiger partial charge in [-0.15, -0.1) is 11.3 Å². The zero-order valence-corrected chi connectivity index (χ0v) is 18.3. The van der Waals surface area contributed by atoms with Gasteiger partial charge >= 0.3 is 0 Å². The minimum Gasteiger partial charge on any atom is -0.497 e. The van der Waals surface area contributed by atoms with Crippen LogP contribution >= 0.6 is 11.3 Å². The fraction of sp³-hybridized carbons (Fsp3) is 0.409. The van der Waals surface area contributed by atoms with E-state index in [0.29, 0.717) is 21.9 Å². The standard InChI is InChI=1S/C22H27N3O4S/c1-13-14(2)30-21(19(13)20(23)27)24-18(26)12-25(16-8-4-5-9-16)22(28)15-7-6-10-17(11-15)29-3/h6-7,10-11,16H,4-5,8-9,12H2,1-3H3,(H2,23,27)(H,24,26). The summed E-state index contributed by atoms with van der Waals surface area (Å²) in [5, 5.41) is 3.23. The molecule has 1 aliphatic rings. The van der Waals surface area contributed by atoms with Crippen LogP contribution in [0, 0.1) is 13.8 Å². The highest BCUT2D eigenvalue weighted by Gasteiger charge is 2.30. The van der Waals surface area contributed by atoms with Crippen LogP contribution in [0.3, 0.4) is 0 Å². The lowest BCUT2D eigenvalue weighted by Crippen LogP contribution is -2.43. The number of benzene rings is 1. The van der Waals surface area contributed by atoms with E-state index in [1.54, 1.807) is 43.2 Å². The zero-order valence-electron chi connectivity index (χ0n) is 17.5. The van der Waals surface area contributed by atoms with E-state index in [9.17, 15) is 14.4 Å². The van der Waals surface area contributed by atoms with Crippen LogP contribution in [-0.4, -0.2) is 42.3 Å². The van der Waals surface area contributed by atoms with Crippen LogP contribution in [0.1, 0.15) is 56.8 Å². The number of methoxy groups -OCH3 is 1. The van der Waals surface area contributed by atoms with Crippen molar-refractivity contribution in [1.82, 2.24) is 4.90 Å². The number of carbonyl (C=O) groups excluding carboxylic acids is 3. The fourth-order valence-electron chi connectivity index (χ4n) is 3.84. The van der Waals surface area contributed by atoms with Gasteiger partial charge in [-0.3, -0.25) is 14.4 Å². The number of carbonyl (C=O) groups is 3. The van der Waals surface area contributed by atoms with Crippen LogP contribution in [0.25, 0.3) is 0 Å². The van der Waals surface area contributed by atoms with E-state index in [0.717, 1.165) is 36.1 Å². The maximum atomic E-state index is 13.2. The molecule has 0 saturated heterocycles. The molecule has 0 radical (unpaired) electrons. The summed E-state index contributed by atoms with van der Waals surface area (Å²) in [5.74, 6) is -0.536. The Balaban J connectivity index is 1.82. The molecular weight excluding hydrogens is 402 g/mol. The summed E-state index contributed by atoms with van der Waals surface area (Å²) in [5.41, 5.74) is 7.08. The van der Waals surface area contributed by atoms with Crippen molar-refractivity contribution in [2.75, 3.05) is 19.0 Å². The SMILES string of the molecule is COc1cccc(C(=O)N(CC(=O)Nc2sc(C)c(C)c2C(N)=O)C2CCCC2)c1. The Morgan fingerprint density at radius 3 is 2.57 bits per heavy atom. The molecule has 0 atom stereocenters. The normalized spacial score (nSPS) is 13.8. The van der Waals surface area contributed by atoms with E-state index in [2.05, 4.69) is 5.32 Å². The molecule has 1 saturated carbocycles. The van der Waals surface area contributed by atoms with Crippen molar-refractivity contribution < 1.29 is 19.1 Å². The zero-order chi connectivity index (χ0) is 21.8. The average Bonchev–Trinajstić information content (AvgIpc) is 3.34. The molecule has 8 heteroatoms. The quantitative estimate of drug-likeness (QED) is 0.703. The molecule has 0 bridgehead atoms. The molecule has 1 fully saturated rings. The van der Waals surface area contributed by atoms with E-state index in [1.807, 2.05) is 6.92 Å². The maximum absolute atomic E-state index is 13.2. The number of nitrogens with one attached hydrogen (secondary N) is 1. The van der Waals surface area contributed by atoms with Crippen molar-refractivity contribution in [3.05, 3.63) is 45.8 Å². The molecule has 1 aromatic carbocycles. The van der Waals surface area contributed by atoms with Crippen LogP contribution in [0.15, 0.2) is 24.3 Å². The topological polar surface area (TPSA) is 102 Å². The van der Waals surface area contributed by atoms with Gasteiger partial charge in [0.05, 0.1) is 12.7 Å². The monoisotopic (exact) mass is 429 g/mol. The summed E-state index contributed by atoms with van der Waals surface area (Å²) >= 11 is 1.31. The number of ether oxygens (including phenoxy) is 1. The van der Waals surface area contributed by atoms with Gasteiger partial charge in [0.15, 0.2) is 0 Å². The van der Waals surface area contributed by atoms with E-state index < -0.39 is 5.91 Å². The number of amides is 3. The molecule has 0 aliphatic heterocycles. The second-order valence-corrected chi connectivity index (χ2v) is 8.73. The van der Waals surface area contributed by atoms with Crippen LogP contribution in [0.5, 0.6) is 5.75 Å². The van der Waals surface area contributed by atoms with E-state index in [1.165, 1.54) is 11.3 Å². The minimum atomic E-state index is -0.577. The predicted octanol–water partition coefficient (Wildman–Crippen LogP) is 3.50. The van der Waals surface area contributed by atoms with Gasteiger partial charge < -0.3 is 20.7 Å². The number of primary amides is 1. The number of hydrogen-bond donors (Lipinski definition) is 2. The van der Waals surface area contributed by atoms with Crippen LogP contribution in [-0.2, 0) is 4.79 Å². The molecule has 30 heavy (non-hydrogen) atoms. The van der Waals surface area contributed by atoms with Gasteiger partial charge in [0.2, 0.25) is 5.91 Å². The highest BCUT2D eigenvalue weighted by molar-refractivity contribution is 7.16. The van der Waals surface area contributed by atoms with Crippen molar-refractivity contribution in [2.45, 2.75) is 45.6 Å². The lowest BCUT2D eigenvalue weighted by molar-refractivity contribution is -0.117. The number of hydrogen-bond acceptors (Lipinski definition) is 5. The Morgan fingerprint density at radius 2 is 1.93 bits per heavy atom. The summed E-state index contributed by atoms with van der Waals surface area (Å²) in [6, 6.07) is 6.95. The number of rotatable bonds is 7. The summed E-state index contributed by atoms with van der Waals surface area (Å²) in [6.45, 7) is 3.59. The first kappa shape index (κ1) is 21.8. The van der Waals surface area contributed by atoms with Crippen molar-refractivity contribution in [1.29, 1.82) is 0 Å². The van der Waals surface area contributed by atoms with Crippen molar-refractivity contribution in [3.8, 4) is 5.75 Å². The third-order valence-corrected chi connectivity index (χ3v) is 6.66. The minimum absolute atomic E-state index is 0.0110. The van der Waals surface area contributed by atoms with Gasteiger partial charge in [-0.05, 0) is 50.5 Å². The second-order valence-electron chi connectivity index (χ2n) is 7.50. The largest absolute Gasteiger partial charge is 0.497 e. The summed E-state index contributed by atoms with van der Waals surface area (Å²) in [4.78, 5) is 40.5. The van der Waals surface area contributed by atoms with Gasteiger partial charge in [-0.1, -0.05) is 18.9 Å². The Kier molecular flexibility index (Phi) is 6.77. The Morgan fingerprint density at radius 1 is 1.23 bits per heavy atom. The molecule has 1 aromatic heterocycles. The molecule has 0 unspecified atom stereocenters. The molecule has 3 N–H and O–H groups in total. The maximum Gasteiger partial charge on any atom is 0.254 e. The molecule has 1 heterocycles. The predicted molar refractivity (Wildman–Crippen MR) is 117 cm³/mol. The second kappa shape index (κ2) is 9.30. The number of anilines is 1. The highest BCUT2D eigenvalue weighted by atomic mass is 32.1. The fourth-order valence-corrected chi connectivity index (χ4v) is 4.92.